The van der Waals surface area contributed by atoms with Crippen LogP contribution in [0.2, 0.25) is 0 Å². The summed E-state index contributed by atoms with van der Waals surface area (Å²) in [6.45, 7) is 4.22. The molecule has 0 aromatic heterocycles. The number of amides is 1. The van der Waals surface area contributed by atoms with Gasteiger partial charge in [0.2, 0.25) is 5.91 Å². The van der Waals surface area contributed by atoms with Crippen molar-refractivity contribution >= 4 is 5.91 Å². The Kier molecular flexibility index (Phi) is 3.35. The van der Waals surface area contributed by atoms with Gasteiger partial charge in [-0.25, -0.2) is 0 Å². The topological polar surface area (TPSA) is 46.3 Å². The van der Waals surface area contributed by atoms with E-state index >= 15 is 0 Å². The highest BCUT2D eigenvalue weighted by molar-refractivity contribution is 5.80. The first kappa shape index (κ1) is 12.5. The Balaban J connectivity index is 1.67. The van der Waals surface area contributed by atoms with Crippen LogP contribution in [-0.4, -0.2) is 29.9 Å². The molecule has 0 aromatic rings. The average molecular weight is 250 g/mol. The van der Waals surface area contributed by atoms with Gasteiger partial charge in [-0.05, 0) is 56.3 Å². The summed E-state index contributed by atoms with van der Waals surface area (Å²) in [4.78, 5) is 14.8. The fourth-order valence-electron chi connectivity index (χ4n) is 4.40. The minimum atomic E-state index is 0.150. The molecule has 1 saturated heterocycles. The van der Waals surface area contributed by atoms with E-state index in [0.717, 1.165) is 19.0 Å². The second-order valence-corrected chi connectivity index (χ2v) is 6.80. The van der Waals surface area contributed by atoms with E-state index in [2.05, 4.69) is 11.8 Å². The third kappa shape index (κ3) is 2.07. The second kappa shape index (κ2) is 4.84. The minimum Gasteiger partial charge on any atom is -0.342 e. The Morgan fingerprint density at radius 2 is 1.89 bits per heavy atom. The van der Waals surface area contributed by atoms with Crippen molar-refractivity contribution in [2.75, 3.05) is 13.1 Å². The molecule has 1 amide bonds. The number of hydrogen-bond acceptors (Lipinski definition) is 2. The van der Waals surface area contributed by atoms with Gasteiger partial charge in [-0.3, -0.25) is 4.79 Å². The predicted molar refractivity (Wildman–Crippen MR) is 71.9 cm³/mol. The number of fused-ring (bicyclic) bond motifs is 2. The van der Waals surface area contributed by atoms with Crippen molar-refractivity contribution in [2.24, 2.45) is 29.4 Å². The quantitative estimate of drug-likeness (QED) is 0.774. The summed E-state index contributed by atoms with van der Waals surface area (Å²) in [6, 6.07) is 0.150. The van der Waals surface area contributed by atoms with Crippen molar-refractivity contribution in [1.29, 1.82) is 0 Å². The molecule has 5 atom stereocenters. The van der Waals surface area contributed by atoms with Crippen LogP contribution >= 0.6 is 0 Å². The summed E-state index contributed by atoms with van der Waals surface area (Å²) in [5, 5.41) is 0. The van der Waals surface area contributed by atoms with E-state index in [1.807, 2.05) is 0 Å². The van der Waals surface area contributed by atoms with Crippen molar-refractivity contribution in [3.05, 3.63) is 0 Å². The van der Waals surface area contributed by atoms with Crippen molar-refractivity contribution < 1.29 is 4.79 Å². The lowest BCUT2D eigenvalue weighted by molar-refractivity contribution is -0.137. The molecule has 1 heterocycles. The maximum absolute atomic E-state index is 12.7. The summed E-state index contributed by atoms with van der Waals surface area (Å²) in [5.41, 5.74) is 6.29. The zero-order valence-electron chi connectivity index (χ0n) is 11.5. The van der Waals surface area contributed by atoms with Crippen LogP contribution in [0.3, 0.4) is 0 Å². The van der Waals surface area contributed by atoms with Crippen molar-refractivity contribution in [3.63, 3.8) is 0 Å². The van der Waals surface area contributed by atoms with Gasteiger partial charge in [0.1, 0.15) is 0 Å². The molecule has 18 heavy (non-hydrogen) atoms. The van der Waals surface area contributed by atoms with Gasteiger partial charge < -0.3 is 10.6 Å². The molecule has 3 fully saturated rings. The number of likely N-dealkylation sites (tertiary alicyclic amines) is 1. The fraction of sp³-hybridized carbons (Fsp3) is 0.933. The fourth-order valence-corrected chi connectivity index (χ4v) is 4.40. The Labute approximate surface area is 110 Å². The zero-order valence-corrected chi connectivity index (χ0v) is 11.5. The van der Waals surface area contributed by atoms with E-state index in [1.54, 1.807) is 0 Å². The molecule has 0 radical (unpaired) electrons. The lowest BCUT2D eigenvalue weighted by Gasteiger charge is -2.32. The molecular weight excluding hydrogens is 224 g/mol. The maximum Gasteiger partial charge on any atom is 0.227 e. The molecule has 5 unspecified atom stereocenters. The van der Waals surface area contributed by atoms with Crippen LogP contribution in [0.25, 0.3) is 0 Å². The van der Waals surface area contributed by atoms with E-state index in [4.69, 9.17) is 5.73 Å². The first-order valence-electron chi connectivity index (χ1n) is 7.71. The van der Waals surface area contributed by atoms with Crippen LogP contribution < -0.4 is 5.73 Å². The lowest BCUT2D eigenvalue weighted by atomic mass is 9.84. The highest BCUT2D eigenvalue weighted by Gasteiger charge is 2.50. The SMILES string of the molecule is CC1CCCN(C(=O)C2C3CCC(C3)C2N)CC1. The van der Waals surface area contributed by atoms with E-state index in [0.29, 0.717) is 17.7 Å². The Hall–Kier alpha value is -0.570. The molecule has 1 aliphatic heterocycles. The van der Waals surface area contributed by atoms with Gasteiger partial charge >= 0.3 is 0 Å². The highest BCUT2D eigenvalue weighted by atomic mass is 16.2. The summed E-state index contributed by atoms with van der Waals surface area (Å²) >= 11 is 0. The first-order chi connectivity index (χ1) is 8.66. The Morgan fingerprint density at radius 1 is 1.11 bits per heavy atom. The van der Waals surface area contributed by atoms with Gasteiger partial charge in [0.05, 0.1) is 5.92 Å². The number of rotatable bonds is 1. The van der Waals surface area contributed by atoms with Crippen molar-refractivity contribution in [2.45, 2.75) is 51.5 Å². The molecule has 0 aromatic carbocycles. The van der Waals surface area contributed by atoms with Crippen LogP contribution in [-0.2, 0) is 4.79 Å². The normalized spacial score (nSPS) is 44.1. The van der Waals surface area contributed by atoms with Crippen LogP contribution in [0.15, 0.2) is 0 Å². The molecule has 102 valence electrons. The number of carbonyl (C=O) groups is 1. The summed E-state index contributed by atoms with van der Waals surface area (Å²) in [7, 11) is 0. The van der Waals surface area contributed by atoms with E-state index in [-0.39, 0.29) is 12.0 Å². The van der Waals surface area contributed by atoms with Gasteiger partial charge in [0, 0.05) is 19.1 Å². The van der Waals surface area contributed by atoms with E-state index in [1.165, 1.54) is 38.5 Å². The second-order valence-electron chi connectivity index (χ2n) is 6.80. The first-order valence-corrected chi connectivity index (χ1v) is 7.71. The smallest absolute Gasteiger partial charge is 0.227 e. The molecule has 2 aliphatic carbocycles. The molecular formula is C15H26N2O. The van der Waals surface area contributed by atoms with Gasteiger partial charge in [-0.2, -0.15) is 0 Å². The largest absolute Gasteiger partial charge is 0.342 e. The van der Waals surface area contributed by atoms with Crippen molar-refractivity contribution in [3.8, 4) is 0 Å². The van der Waals surface area contributed by atoms with E-state index < -0.39 is 0 Å². The lowest BCUT2D eigenvalue weighted by Crippen LogP contribution is -2.47. The number of nitrogens with two attached hydrogens (primary N) is 1. The molecule has 2 N–H and O–H groups in total. The standard InChI is InChI=1S/C15H26N2O/c1-10-3-2-7-17(8-6-10)15(18)13-11-4-5-12(9-11)14(13)16/h10-14H,2-9,16H2,1H3. The average Bonchev–Trinajstić information content (AvgIpc) is 2.86. The van der Waals surface area contributed by atoms with Crippen LogP contribution in [0, 0.1) is 23.7 Å². The number of carbonyl (C=O) groups excluding carboxylic acids is 1. The predicted octanol–water partition coefficient (Wildman–Crippen LogP) is 2.01. The van der Waals surface area contributed by atoms with Crippen molar-refractivity contribution in [1.82, 2.24) is 4.90 Å². The third-order valence-corrected chi connectivity index (χ3v) is 5.59. The summed E-state index contributed by atoms with van der Waals surface area (Å²) < 4.78 is 0. The summed E-state index contributed by atoms with van der Waals surface area (Å²) in [5.74, 6) is 2.53. The van der Waals surface area contributed by atoms with Gasteiger partial charge in [-0.1, -0.05) is 6.92 Å². The van der Waals surface area contributed by atoms with E-state index in [9.17, 15) is 4.79 Å². The minimum absolute atomic E-state index is 0.150. The maximum atomic E-state index is 12.7. The van der Waals surface area contributed by atoms with Crippen LogP contribution in [0.1, 0.15) is 45.4 Å². The third-order valence-electron chi connectivity index (χ3n) is 5.59. The highest BCUT2D eigenvalue weighted by Crippen LogP contribution is 2.48. The zero-order chi connectivity index (χ0) is 12.7. The molecule has 2 saturated carbocycles. The van der Waals surface area contributed by atoms with Crippen LogP contribution in [0.5, 0.6) is 0 Å². The molecule has 3 heteroatoms. The Bertz CT molecular complexity index is 328. The number of hydrogen-bond donors (Lipinski definition) is 1. The summed E-state index contributed by atoms with van der Waals surface area (Å²) in [6.07, 6.45) is 7.31. The van der Waals surface area contributed by atoms with Crippen LogP contribution in [0.4, 0.5) is 0 Å². The van der Waals surface area contributed by atoms with Gasteiger partial charge in [0.25, 0.3) is 0 Å². The number of nitrogens with zero attached hydrogens (tertiary/aromatic N) is 1. The van der Waals surface area contributed by atoms with Gasteiger partial charge in [-0.15, -0.1) is 0 Å². The molecule has 2 bridgehead atoms. The molecule has 3 aliphatic rings. The molecule has 3 rings (SSSR count). The Morgan fingerprint density at radius 3 is 2.61 bits per heavy atom. The van der Waals surface area contributed by atoms with Gasteiger partial charge in [0.15, 0.2) is 0 Å². The molecule has 3 nitrogen and oxygen atoms in total. The monoisotopic (exact) mass is 250 g/mol. The molecule has 0 spiro atoms.